The number of pyridine rings is 1. The Balaban J connectivity index is 2.02. The highest BCUT2D eigenvalue weighted by Gasteiger charge is 2.34. The third-order valence-electron chi connectivity index (χ3n) is 3.87. The fraction of sp³-hybridized carbons (Fsp3) is 0.100. The summed E-state index contributed by atoms with van der Waals surface area (Å²) in [6.07, 6.45) is -2.97. The van der Waals surface area contributed by atoms with E-state index in [1.165, 1.54) is 12.1 Å². The van der Waals surface area contributed by atoms with E-state index in [4.69, 9.17) is 5.26 Å². The molecule has 2 aromatic carbocycles. The summed E-state index contributed by atoms with van der Waals surface area (Å²) in [6.45, 7) is 0. The van der Waals surface area contributed by atoms with Crippen molar-refractivity contribution in [3.05, 3.63) is 95.3 Å². The molecule has 0 bridgehead atoms. The molecule has 1 atom stereocenters. The first kappa shape index (κ1) is 17.5. The van der Waals surface area contributed by atoms with Gasteiger partial charge in [-0.1, -0.05) is 36.4 Å². The molecular weight excluding hydrogens is 339 g/mol. The Bertz CT molecular complexity index is 877. The molecule has 26 heavy (non-hydrogen) atoms. The molecule has 1 aromatic heterocycles. The monoisotopic (exact) mass is 353 g/mol. The molecule has 1 unspecified atom stereocenters. The Morgan fingerprint density at radius 2 is 1.69 bits per heavy atom. The number of rotatable bonds is 4. The van der Waals surface area contributed by atoms with Gasteiger partial charge < -0.3 is 5.32 Å². The van der Waals surface area contributed by atoms with Crippen LogP contribution < -0.4 is 5.32 Å². The summed E-state index contributed by atoms with van der Waals surface area (Å²) in [4.78, 5) is 4.32. The molecular formula is C20H14F3N3. The van der Waals surface area contributed by atoms with Crippen LogP contribution in [0.3, 0.4) is 0 Å². The molecule has 0 amide bonds. The molecule has 130 valence electrons. The van der Waals surface area contributed by atoms with Crippen LogP contribution in [0.25, 0.3) is 0 Å². The van der Waals surface area contributed by atoms with Crippen LogP contribution in [0.15, 0.2) is 72.9 Å². The van der Waals surface area contributed by atoms with Crippen molar-refractivity contribution < 1.29 is 13.2 Å². The van der Waals surface area contributed by atoms with Gasteiger partial charge in [-0.05, 0) is 35.9 Å². The first-order chi connectivity index (χ1) is 12.5. The molecule has 3 nitrogen and oxygen atoms in total. The number of anilines is 1. The molecule has 3 rings (SSSR count). The topological polar surface area (TPSA) is 48.7 Å². The fourth-order valence-electron chi connectivity index (χ4n) is 2.65. The van der Waals surface area contributed by atoms with Gasteiger partial charge in [0.2, 0.25) is 0 Å². The highest BCUT2D eigenvalue weighted by atomic mass is 19.4. The number of hydrogen-bond acceptors (Lipinski definition) is 3. The van der Waals surface area contributed by atoms with E-state index < -0.39 is 23.3 Å². The van der Waals surface area contributed by atoms with Crippen LogP contribution in [0, 0.1) is 11.3 Å². The van der Waals surface area contributed by atoms with Crippen molar-refractivity contribution >= 4 is 5.69 Å². The second-order valence-corrected chi connectivity index (χ2v) is 5.61. The molecule has 0 fully saturated rings. The minimum atomic E-state index is -4.60. The molecule has 0 aliphatic rings. The van der Waals surface area contributed by atoms with Gasteiger partial charge in [0.1, 0.15) is 0 Å². The number of benzene rings is 2. The highest BCUT2D eigenvalue weighted by molar-refractivity contribution is 5.55. The van der Waals surface area contributed by atoms with Gasteiger partial charge in [0, 0.05) is 11.9 Å². The SMILES string of the molecule is N#Cc1ccc(NC(c2ccccc2)c2ccccn2)cc1C(F)(F)F. The zero-order valence-corrected chi connectivity index (χ0v) is 13.5. The molecule has 0 spiro atoms. The van der Waals surface area contributed by atoms with E-state index in [9.17, 15) is 13.2 Å². The van der Waals surface area contributed by atoms with Gasteiger partial charge in [0.15, 0.2) is 0 Å². The minimum Gasteiger partial charge on any atom is -0.373 e. The molecule has 3 aromatic rings. The van der Waals surface area contributed by atoms with E-state index in [1.54, 1.807) is 24.4 Å². The summed E-state index contributed by atoms with van der Waals surface area (Å²) in [5.41, 5.74) is 0.437. The van der Waals surface area contributed by atoms with Crippen LogP contribution in [0.4, 0.5) is 18.9 Å². The Morgan fingerprint density at radius 1 is 0.962 bits per heavy atom. The standard InChI is InChI=1S/C20H14F3N3/c21-20(22,23)17-12-16(10-9-15(17)13-24)26-19(14-6-2-1-3-7-14)18-8-4-5-11-25-18/h1-12,19,26H. The summed E-state index contributed by atoms with van der Waals surface area (Å²) in [5, 5.41) is 12.0. The lowest BCUT2D eigenvalue weighted by atomic mass is 10.0. The zero-order valence-electron chi connectivity index (χ0n) is 13.5. The number of aromatic nitrogens is 1. The van der Waals surface area contributed by atoms with Gasteiger partial charge >= 0.3 is 6.18 Å². The Morgan fingerprint density at radius 3 is 2.31 bits per heavy atom. The predicted molar refractivity (Wildman–Crippen MR) is 92.3 cm³/mol. The zero-order chi connectivity index (χ0) is 18.6. The first-order valence-electron chi connectivity index (χ1n) is 7.83. The molecule has 0 aliphatic heterocycles. The quantitative estimate of drug-likeness (QED) is 0.704. The van der Waals surface area contributed by atoms with Crippen molar-refractivity contribution in [3.63, 3.8) is 0 Å². The van der Waals surface area contributed by atoms with Crippen LogP contribution >= 0.6 is 0 Å². The van der Waals surface area contributed by atoms with Gasteiger partial charge in [-0.25, -0.2) is 0 Å². The average molecular weight is 353 g/mol. The van der Waals surface area contributed by atoms with Crippen molar-refractivity contribution in [2.45, 2.75) is 12.2 Å². The molecule has 0 aliphatic carbocycles. The van der Waals surface area contributed by atoms with Crippen molar-refractivity contribution in [2.75, 3.05) is 5.32 Å². The van der Waals surface area contributed by atoms with Crippen LogP contribution in [0.1, 0.15) is 28.4 Å². The maximum atomic E-state index is 13.2. The number of nitrogens with zero attached hydrogens (tertiary/aromatic N) is 2. The maximum Gasteiger partial charge on any atom is 0.417 e. The smallest absolute Gasteiger partial charge is 0.373 e. The van der Waals surface area contributed by atoms with Crippen LogP contribution in [0.2, 0.25) is 0 Å². The summed E-state index contributed by atoms with van der Waals surface area (Å²) in [6, 6.07) is 19.5. The summed E-state index contributed by atoms with van der Waals surface area (Å²) < 4.78 is 39.6. The lowest BCUT2D eigenvalue weighted by Crippen LogP contribution is -2.15. The lowest BCUT2D eigenvalue weighted by Gasteiger charge is -2.21. The number of nitriles is 1. The van der Waals surface area contributed by atoms with E-state index in [-0.39, 0.29) is 5.69 Å². The average Bonchev–Trinajstić information content (AvgIpc) is 2.66. The largest absolute Gasteiger partial charge is 0.417 e. The fourth-order valence-corrected chi connectivity index (χ4v) is 2.65. The van der Waals surface area contributed by atoms with E-state index in [0.717, 1.165) is 11.6 Å². The van der Waals surface area contributed by atoms with Crippen molar-refractivity contribution in [1.29, 1.82) is 5.26 Å². The van der Waals surface area contributed by atoms with Gasteiger partial charge in [0.05, 0.1) is 28.9 Å². The van der Waals surface area contributed by atoms with Crippen LogP contribution in [0.5, 0.6) is 0 Å². The van der Waals surface area contributed by atoms with Crippen molar-refractivity contribution in [1.82, 2.24) is 4.98 Å². The summed E-state index contributed by atoms with van der Waals surface area (Å²) in [7, 11) is 0. The molecule has 1 heterocycles. The van der Waals surface area contributed by atoms with Gasteiger partial charge in [0.25, 0.3) is 0 Å². The molecule has 0 saturated heterocycles. The van der Waals surface area contributed by atoms with E-state index in [0.29, 0.717) is 5.69 Å². The van der Waals surface area contributed by atoms with Crippen LogP contribution in [-0.4, -0.2) is 4.98 Å². The number of nitrogens with one attached hydrogen (secondary N) is 1. The van der Waals surface area contributed by atoms with E-state index >= 15 is 0 Å². The Kier molecular flexibility index (Phi) is 4.90. The number of hydrogen-bond donors (Lipinski definition) is 1. The van der Waals surface area contributed by atoms with E-state index in [2.05, 4.69) is 10.3 Å². The lowest BCUT2D eigenvalue weighted by molar-refractivity contribution is -0.137. The minimum absolute atomic E-state index is 0.260. The summed E-state index contributed by atoms with van der Waals surface area (Å²) in [5.74, 6) is 0. The third-order valence-corrected chi connectivity index (χ3v) is 3.87. The van der Waals surface area contributed by atoms with Crippen LogP contribution in [-0.2, 0) is 6.18 Å². The first-order valence-corrected chi connectivity index (χ1v) is 7.83. The maximum absolute atomic E-state index is 13.2. The van der Waals surface area contributed by atoms with Gasteiger partial charge in [-0.15, -0.1) is 0 Å². The van der Waals surface area contributed by atoms with Gasteiger partial charge in [-0.3, -0.25) is 4.98 Å². The van der Waals surface area contributed by atoms with Crippen molar-refractivity contribution in [3.8, 4) is 6.07 Å². The second-order valence-electron chi connectivity index (χ2n) is 5.61. The van der Waals surface area contributed by atoms with Crippen molar-refractivity contribution in [2.24, 2.45) is 0 Å². The molecule has 0 radical (unpaired) electrons. The normalized spacial score (nSPS) is 12.2. The second kappa shape index (κ2) is 7.28. The Hall–Kier alpha value is -3.33. The highest BCUT2D eigenvalue weighted by Crippen LogP contribution is 2.35. The number of halogens is 3. The third kappa shape index (κ3) is 3.83. The van der Waals surface area contributed by atoms with E-state index in [1.807, 2.05) is 36.4 Å². The summed E-state index contributed by atoms with van der Waals surface area (Å²) >= 11 is 0. The molecule has 0 saturated carbocycles. The van der Waals surface area contributed by atoms with Gasteiger partial charge in [-0.2, -0.15) is 18.4 Å². The molecule has 6 heteroatoms. The molecule has 1 N–H and O–H groups in total. The number of alkyl halides is 3. The Labute approximate surface area is 148 Å². The predicted octanol–water partition coefficient (Wildman–Crippen LogP) is 5.17.